The summed E-state index contributed by atoms with van der Waals surface area (Å²) >= 11 is 0. The van der Waals surface area contributed by atoms with Gasteiger partial charge in [-0.25, -0.2) is 0 Å². The second-order valence-electron chi connectivity index (χ2n) is 4.23. The fourth-order valence-corrected chi connectivity index (χ4v) is 2.29. The van der Waals surface area contributed by atoms with Gasteiger partial charge in [-0.15, -0.1) is 0 Å². The zero-order valence-electron chi connectivity index (χ0n) is 9.89. The largest absolute Gasteiger partial charge is 0.396 e. The first-order valence-corrected chi connectivity index (χ1v) is 6.08. The highest BCUT2D eigenvalue weighted by molar-refractivity contribution is 5.86. The Bertz CT molecular complexity index is 491. The topological polar surface area (TPSA) is 40.5 Å². The summed E-state index contributed by atoms with van der Waals surface area (Å²) in [7, 11) is 0. The molecule has 0 aromatic heterocycles. The maximum atomic E-state index is 9.18. The SMILES string of the molecule is OCCCc1ccc2ccccc2c1CCO. The van der Waals surface area contributed by atoms with Crippen LogP contribution in [-0.2, 0) is 12.8 Å². The van der Waals surface area contributed by atoms with Crippen LogP contribution in [-0.4, -0.2) is 23.4 Å². The van der Waals surface area contributed by atoms with Gasteiger partial charge in [0.15, 0.2) is 0 Å². The monoisotopic (exact) mass is 230 g/mol. The van der Waals surface area contributed by atoms with Crippen molar-refractivity contribution in [1.82, 2.24) is 0 Å². The van der Waals surface area contributed by atoms with Crippen molar-refractivity contribution in [2.75, 3.05) is 13.2 Å². The molecular formula is C15H18O2. The van der Waals surface area contributed by atoms with E-state index < -0.39 is 0 Å². The zero-order valence-corrected chi connectivity index (χ0v) is 9.89. The second kappa shape index (κ2) is 5.80. The molecule has 0 aliphatic carbocycles. The Hall–Kier alpha value is -1.38. The molecule has 0 saturated heterocycles. The van der Waals surface area contributed by atoms with E-state index in [-0.39, 0.29) is 13.2 Å². The molecular weight excluding hydrogens is 212 g/mol. The van der Waals surface area contributed by atoms with Crippen molar-refractivity contribution in [3.05, 3.63) is 47.5 Å². The summed E-state index contributed by atoms with van der Waals surface area (Å²) in [5, 5.41) is 20.5. The Morgan fingerprint density at radius 3 is 2.41 bits per heavy atom. The maximum absolute atomic E-state index is 9.18. The number of aryl methyl sites for hydroxylation is 1. The molecule has 0 spiro atoms. The number of benzene rings is 2. The van der Waals surface area contributed by atoms with Gasteiger partial charge in [-0.05, 0) is 41.2 Å². The fraction of sp³-hybridized carbons (Fsp3) is 0.333. The van der Waals surface area contributed by atoms with Crippen molar-refractivity contribution in [3.8, 4) is 0 Å². The van der Waals surface area contributed by atoms with Crippen LogP contribution in [0.4, 0.5) is 0 Å². The van der Waals surface area contributed by atoms with Crippen LogP contribution in [0.15, 0.2) is 36.4 Å². The van der Waals surface area contributed by atoms with Crippen molar-refractivity contribution >= 4 is 10.8 Å². The fourth-order valence-electron chi connectivity index (χ4n) is 2.29. The highest BCUT2D eigenvalue weighted by Crippen LogP contribution is 2.24. The molecule has 2 nitrogen and oxygen atoms in total. The summed E-state index contributed by atoms with van der Waals surface area (Å²) in [6.45, 7) is 0.380. The predicted molar refractivity (Wildman–Crippen MR) is 70.1 cm³/mol. The van der Waals surface area contributed by atoms with Gasteiger partial charge in [-0.1, -0.05) is 36.4 Å². The lowest BCUT2D eigenvalue weighted by atomic mass is 9.94. The van der Waals surface area contributed by atoms with Crippen LogP contribution in [0.25, 0.3) is 10.8 Å². The van der Waals surface area contributed by atoms with E-state index in [0.29, 0.717) is 6.42 Å². The quantitative estimate of drug-likeness (QED) is 0.827. The van der Waals surface area contributed by atoms with Crippen molar-refractivity contribution < 1.29 is 10.2 Å². The summed E-state index contributed by atoms with van der Waals surface area (Å²) in [6.07, 6.45) is 2.33. The van der Waals surface area contributed by atoms with Gasteiger partial charge in [-0.2, -0.15) is 0 Å². The van der Waals surface area contributed by atoms with Crippen molar-refractivity contribution in [1.29, 1.82) is 0 Å². The Morgan fingerprint density at radius 2 is 1.65 bits per heavy atom. The number of hydrogen-bond donors (Lipinski definition) is 2. The molecule has 0 aliphatic heterocycles. The Kier molecular flexibility index (Phi) is 4.13. The number of aliphatic hydroxyl groups is 2. The first-order valence-electron chi connectivity index (χ1n) is 6.08. The smallest absolute Gasteiger partial charge is 0.0471 e. The van der Waals surface area contributed by atoms with E-state index >= 15 is 0 Å². The molecule has 0 fully saturated rings. The van der Waals surface area contributed by atoms with Gasteiger partial charge in [0, 0.05) is 13.2 Å². The Balaban J connectivity index is 2.47. The van der Waals surface area contributed by atoms with E-state index in [9.17, 15) is 5.11 Å². The third kappa shape index (κ3) is 2.65. The predicted octanol–water partition coefficient (Wildman–Crippen LogP) is 2.30. The summed E-state index contributed by atoms with van der Waals surface area (Å²) in [6, 6.07) is 12.5. The number of rotatable bonds is 5. The van der Waals surface area contributed by atoms with Crippen molar-refractivity contribution in [2.45, 2.75) is 19.3 Å². The van der Waals surface area contributed by atoms with E-state index in [1.807, 2.05) is 12.1 Å². The molecule has 2 aromatic carbocycles. The third-order valence-corrected chi connectivity index (χ3v) is 3.10. The number of aliphatic hydroxyl groups excluding tert-OH is 2. The lowest BCUT2D eigenvalue weighted by molar-refractivity contribution is 0.287. The Labute approximate surface area is 102 Å². The summed E-state index contributed by atoms with van der Waals surface area (Å²) in [5.74, 6) is 0. The molecule has 90 valence electrons. The molecule has 2 rings (SSSR count). The van der Waals surface area contributed by atoms with Crippen molar-refractivity contribution in [2.24, 2.45) is 0 Å². The molecule has 2 aromatic rings. The molecule has 0 heterocycles. The van der Waals surface area contributed by atoms with Crippen LogP contribution in [0.2, 0.25) is 0 Å². The molecule has 2 heteroatoms. The number of hydrogen-bond acceptors (Lipinski definition) is 2. The lowest BCUT2D eigenvalue weighted by Gasteiger charge is -2.12. The highest BCUT2D eigenvalue weighted by atomic mass is 16.3. The van der Waals surface area contributed by atoms with Crippen LogP contribution in [0.5, 0.6) is 0 Å². The van der Waals surface area contributed by atoms with Crippen LogP contribution >= 0.6 is 0 Å². The average molecular weight is 230 g/mol. The molecule has 17 heavy (non-hydrogen) atoms. The highest BCUT2D eigenvalue weighted by Gasteiger charge is 2.06. The molecule has 0 amide bonds. The molecule has 0 unspecified atom stereocenters. The minimum atomic E-state index is 0.167. The van der Waals surface area contributed by atoms with E-state index in [4.69, 9.17) is 5.11 Å². The standard InChI is InChI=1S/C15H18O2/c16-10-3-5-13-8-7-12-4-1-2-6-14(12)15(13)9-11-17/h1-2,4,6-8,16-17H,3,5,9-11H2. The summed E-state index contributed by atoms with van der Waals surface area (Å²) < 4.78 is 0. The van der Waals surface area contributed by atoms with Gasteiger partial charge in [0.25, 0.3) is 0 Å². The maximum Gasteiger partial charge on any atom is 0.0471 e. The van der Waals surface area contributed by atoms with Gasteiger partial charge >= 0.3 is 0 Å². The van der Waals surface area contributed by atoms with Gasteiger partial charge in [-0.3, -0.25) is 0 Å². The minimum absolute atomic E-state index is 0.167. The lowest BCUT2D eigenvalue weighted by Crippen LogP contribution is -2.00. The normalized spacial score (nSPS) is 10.9. The first-order chi connectivity index (χ1) is 8.36. The average Bonchev–Trinajstić information content (AvgIpc) is 2.38. The molecule has 0 saturated carbocycles. The molecule has 0 radical (unpaired) electrons. The van der Waals surface area contributed by atoms with Crippen molar-refractivity contribution in [3.63, 3.8) is 0 Å². The van der Waals surface area contributed by atoms with Gasteiger partial charge < -0.3 is 10.2 Å². The van der Waals surface area contributed by atoms with Gasteiger partial charge in [0.1, 0.15) is 0 Å². The van der Waals surface area contributed by atoms with Crippen LogP contribution in [0.1, 0.15) is 17.5 Å². The second-order valence-corrected chi connectivity index (χ2v) is 4.23. The van der Waals surface area contributed by atoms with E-state index in [0.717, 1.165) is 12.8 Å². The zero-order chi connectivity index (χ0) is 12.1. The summed E-state index contributed by atoms with van der Waals surface area (Å²) in [4.78, 5) is 0. The molecule has 0 bridgehead atoms. The van der Waals surface area contributed by atoms with E-state index in [1.54, 1.807) is 0 Å². The molecule has 0 aliphatic rings. The van der Waals surface area contributed by atoms with E-state index in [1.165, 1.54) is 21.9 Å². The Morgan fingerprint density at radius 1 is 0.824 bits per heavy atom. The molecule has 2 N–H and O–H groups in total. The summed E-state index contributed by atoms with van der Waals surface area (Å²) in [5.41, 5.74) is 2.46. The molecule has 0 atom stereocenters. The third-order valence-electron chi connectivity index (χ3n) is 3.10. The first kappa shape index (κ1) is 12.1. The van der Waals surface area contributed by atoms with Crippen LogP contribution in [0.3, 0.4) is 0 Å². The van der Waals surface area contributed by atoms with Crippen LogP contribution in [0, 0.1) is 0 Å². The van der Waals surface area contributed by atoms with Gasteiger partial charge in [0.2, 0.25) is 0 Å². The van der Waals surface area contributed by atoms with Gasteiger partial charge in [0.05, 0.1) is 0 Å². The van der Waals surface area contributed by atoms with Crippen LogP contribution < -0.4 is 0 Å². The van der Waals surface area contributed by atoms with E-state index in [2.05, 4.69) is 24.3 Å². The minimum Gasteiger partial charge on any atom is -0.396 e. The number of fused-ring (bicyclic) bond motifs is 1.